The number of rotatable bonds is 10. The Morgan fingerprint density at radius 2 is 1.16 bits per heavy atom. The zero-order valence-corrected chi connectivity index (χ0v) is 29.1. The zero-order chi connectivity index (χ0) is 25.8. The van der Waals surface area contributed by atoms with Crippen molar-refractivity contribution in [1.29, 1.82) is 0 Å². The fraction of sp³-hybridized carbons (Fsp3) is 0.515. The Kier molecular flexibility index (Phi) is 7.39. The molecule has 2 aromatic rings. The van der Waals surface area contributed by atoms with Crippen LogP contribution in [0.2, 0.25) is 6.04 Å². The first-order chi connectivity index (χ1) is 17.9. The molecule has 2 aromatic carbocycles. The average molecular weight is 716 g/mol. The van der Waals surface area contributed by atoms with Crippen LogP contribution in [-0.2, 0) is 14.8 Å². The van der Waals surface area contributed by atoms with Gasteiger partial charge in [-0.15, -0.1) is 0 Å². The number of halogens is 2. The summed E-state index contributed by atoms with van der Waals surface area (Å²) in [5.41, 5.74) is 12.2. The average Bonchev–Trinajstić information content (AvgIpc) is 3.83. The number of hydrogen-bond acceptors (Lipinski definition) is 0. The predicted octanol–water partition coefficient (Wildman–Crippen LogP) is 10.8. The van der Waals surface area contributed by atoms with Crippen LogP contribution in [0.15, 0.2) is 47.5 Å². The minimum absolute atomic E-state index is 0.0100. The van der Waals surface area contributed by atoms with Crippen LogP contribution in [0, 0.1) is 0 Å². The molecule has 0 aliphatic heterocycles. The third kappa shape index (κ3) is 4.58. The first-order valence-corrected chi connectivity index (χ1v) is 35.7. The van der Waals surface area contributed by atoms with Crippen molar-refractivity contribution in [2.45, 2.75) is 104 Å². The van der Waals surface area contributed by atoms with E-state index in [1.54, 1.807) is 11.1 Å². The van der Waals surface area contributed by atoms with Gasteiger partial charge in [0.05, 0.1) is 0 Å². The molecule has 6 rings (SSSR count). The molecule has 0 N–H and O–H groups in total. The summed E-state index contributed by atoms with van der Waals surface area (Å²) in [7, 11) is 17.0. The van der Waals surface area contributed by atoms with Gasteiger partial charge in [0.2, 0.25) is 0 Å². The van der Waals surface area contributed by atoms with Crippen molar-refractivity contribution in [3.63, 3.8) is 0 Å². The van der Waals surface area contributed by atoms with Crippen LogP contribution >= 0.6 is 17.2 Å². The van der Waals surface area contributed by atoms with E-state index in [2.05, 4.69) is 69.3 Å². The molecular formula is C33H42Cl2HfSi. The number of hydrogen-bond donors (Lipinski definition) is 0. The van der Waals surface area contributed by atoms with Crippen LogP contribution in [0.25, 0.3) is 12.2 Å². The van der Waals surface area contributed by atoms with E-state index < -0.39 is 14.8 Å². The van der Waals surface area contributed by atoms with Gasteiger partial charge in [-0.1, -0.05) is 0 Å². The molecule has 4 aliphatic carbocycles. The fourth-order valence-corrected chi connectivity index (χ4v) is 57.0. The van der Waals surface area contributed by atoms with Gasteiger partial charge in [0.15, 0.2) is 0 Å². The van der Waals surface area contributed by atoms with Crippen molar-refractivity contribution in [3.8, 4) is 0 Å². The summed E-state index contributed by atoms with van der Waals surface area (Å²) in [5, 5.41) is 0. The summed E-state index contributed by atoms with van der Waals surface area (Å²) in [6.07, 6.45) is 16.4. The summed E-state index contributed by atoms with van der Waals surface area (Å²) >= 11 is -4.69. The second kappa shape index (κ2) is 10.2. The Balaban J connectivity index is 1.57. The number of unbranched alkanes of at least 4 members (excludes halogenated alkanes) is 2. The molecule has 2 unspecified atom stereocenters. The molecule has 0 heterocycles. The van der Waals surface area contributed by atoms with Crippen LogP contribution in [0.3, 0.4) is 0 Å². The normalized spacial score (nSPS) is 23.0. The van der Waals surface area contributed by atoms with E-state index in [9.17, 15) is 0 Å². The number of fused-ring (bicyclic) bond motifs is 2. The molecule has 0 saturated heterocycles. The second-order valence-corrected chi connectivity index (χ2v) is 62.1. The standard InChI is InChI=1S/2C14H15.C5H12Si.2ClH.Hf/c2*1-2-10-8-12-4-3-5-13(11-6-7-11)14(12)9-10;1-2-3-4-5-6;;;/h2*3-5,8-9,11H,2,6-7H2,1H3;6H,2-5H2,1H3;2*1H;/q;;;;;+2/p-2. The van der Waals surface area contributed by atoms with Crippen molar-refractivity contribution in [3.05, 3.63) is 80.9 Å². The third-order valence-electron chi connectivity index (χ3n) is 9.67. The van der Waals surface area contributed by atoms with Gasteiger partial charge < -0.3 is 0 Å². The maximum absolute atomic E-state index is 8.52. The summed E-state index contributed by atoms with van der Waals surface area (Å²) in [6.45, 7) is 6.98. The Morgan fingerprint density at radius 3 is 1.57 bits per heavy atom. The van der Waals surface area contributed by atoms with Crippen molar-refractivity contribution in [2.24, 2.45) is 0 Å². The first kappa shape index (κ1) is 26.8. The van der Waals surface area contributed by atoms with Gasteiger partial charge in [-0.25, -0.2) is 0 Å². The molecular weight excluding hydrogens is 674 g/mol. The van der Waals surface area contributed by atoms with Gasteiger partial charge in [0.25, 0.3) is 0 Å². The second-order valence-electron chi connectivity index (χ2n) is 12.2. The number of allylic oxidation sites excluding steroid dienone is 2. The molecule has 0 radical (unpaired) electrons. The van der Waals surface area contributed by atoms with E-state index in [0.29, 0.717) is 0 Å². The van der Waals surface area contributed by atoms with E-state index in [1.807, 2.05) is 0 Å². The SMILES string of the molecule is CCCCC[SiH]=[Hf]([Cl])([Cl])([CH]1C(CC)=Cc2c(C3CC3)cccc21)[CH]1C(CC)=Cc2c(C3CC3)cccc21. The van der Waals surface area contributed by atoms with Gasteiger partial charge in [0, 0.05) is 0 Å². The molecule has 4 aliphatic rings. The molecule has 4 heteroatoms. The van der Waals surface area contributed by atoms with Gasteiger partial charge in [-0.05, 0) is 0 Å². The summed E-state index contributed by atoms with van der Waals surface area (Å²) in [5.74, 6) is 1.48. The minimum atomic E-state index is -4.69. The Bertz CT molecular complexity index is 1260. The van der Waals surface area contributed by atoms with Gasteiger partial charge in [-0.3, -0.25) is 0 Å². The Morgan fingerprint density at radius 1 is 0.703 bits per heavy atom. The molecule has 37 heavy (non-hydrogen) atoms. The molecule has 0 amide bonds. The Labute approximate surface area is 233 Å². The summed E-state index contributed by atoms with van der Waals surface area (Å²) < 4.78 is 0.539. The quantitative estimate of drug-likeness (QED) is 0.170. The topological polar surface area (TPSA) is 0 Å². The van der Waals surface area contributed by atoms with Crippen LogP contribution in [0.4, 0.5) is 0 Å². The third-order valence-corrected chi connectivity index (χ3v) is 55.7. The molecule has 2 saturated carbocycles. The van der Waals surface area contributed by atoms with Gasteiger partial charge in [-0.2, -0.15) is 0 Å². The van der Waals surface area contributed by atoms with E-state index in [4.69, 9.17) is 17.2 Å². The Hall–Kier alpha value is -0.413. The van der Waals surface area contributed by atoms with Gasteiger partial charge in [0.1, 0.15) is 0 Å². The van der Waals surface area contributed by atoms with Crippen molar-refractivity contribution in [2.75, 3.05) is 0 Å². The monoisotopic (exact) mass is 716 g/mol. The molecule has 196 valence electrons. The number of benzene rings is 2. The van der Waals surface area contributed by atoms with Crippen molar-refractivity contribution < 1.29 is 14.8 Å². The zero-order valence-electron chi connectivity index (χ0n) is 22.8. The van der Waals surface area contributed by atoms with Crippen LogP contribution in [0.1, 0.15) is 131 Å². The van der Waals surface area contributed by atoms with E-state index in [0.717, 1.165) is 24.7 Å². The first-order valence-electron chi connectivity index (χ1n) is 15.0. The molecule has 0 bridgehead atoms. The molecule has 0 nitrogen and oxygen atoms in total. The fourth-order valence-electron chi connectivity index (χ4n) is 7.57. The molecule has 2 fully saturated rings. The molecule has 2 atom stereocenters. The van der Waals surface area contributed by atoms with Crippen molar-refractivity contribution in [1.82, 2.24) is 0 Å². The van der Waals surface area contributed by atoms with E-state index >= 15 is 0 Å². The van der Waals surface area contributed by atoms with Crippen molar-refractivity contribution >= 4 is 35.5 Å². The van der Waals surface area contributed by atoms with Crippen LogP contribution < -0.4 is 0 Å². The van der Waals surface area contributed by atoms with Crippen LogP contribution in [0.5, 0.6) is 0 Å². The van der Waals surface area contributed by atoms with E-state index in [1.165, 1.54) is 84.4 Å². The van der Waals surface area contributed by atoms with Gasteiger partial charge >= 0.3 is 235 Å². The summed E-state index contributed by atoms with van der Waals surface area (Å²) in [4.78, 5) is 0. The maximum atomic E-state index is 8.52. The van der Waals surface area contributed by atoms with E-state index in [-0.39, 0.29) is 13.6 Å². The van der Waals surface area contributed by atoms with Crippen LogP contribution in [-0.4, -0.2) is 6.22 Å². The molecule has 0 spiro atoms. The predicted molar refractivity (Wildman–Crippen MR) is 162 cm³/mol. The molecule has 0 aromatic heterocycles. The summed E-state index contributed by atoms with van der Waals surface area (Å²) in [6, 6.07) is 15.4.